The summed E-state index contributed by atoms with van der Waals surface area (Å²) in [6.45, 7) is 6.36. The largest absolute Gasteiger partial charge is 0.346 e. The molecular weight excluding hydrogens is 272 g/mol. The van der Waals surface area contributed by atoms with E-state index in [0.717, 1.165) is 44.4 Å². The molecule has 1 aromatic heterocycles. The summed E-state index contributed by atoms with van der Waals surface area (Å²) in [5.74, 6) is 0.312. The standard InChI is InChI=1S/C14H22N4OS/c19-13(17-5-2-1-3-6-17)12-16-7-9-18(10-8-16)14-15-4-11-20-14/h4,11H,1-3,5-10,12H2. The number of rotatable bonds is 3. The molecular formula is C14H22N4OS. The van der Waals surface area contributed by atoms with Crippen LogP contribution < -0.4 is 4.90 Å². The van der Waals surface area contributed by atoms with Crippen molar-refractivity contribution in [1.82, 2.24) is 14.8 Å². The van der Waals surface area contributed by atoms with Crippen LogP contribution in [0, 0.1) is 0 Å². The zero-order valence-electron chi connectivity index (χ0n) is 11.8. The number of piperidine rings is 1. The summed E-state index contributed by atoms with van der Waals surface area (Å²) in [5, 5.41) is 3.12. The van der Waals surface area contributed by atoms with Crippen LogP contribution in [0.1, 0.15) is 19.3 Å². The second-order valence-corrected chi connectivity index (χ2v) is 6.39. The summed E-state index contributed by atoms with van der Waals surface area (Å²) in [5.41, 5.74) is 0. The van der Waals surface area contributed by atoms with Gasteiger partial charge in [0.05, 0.1) is 6.54 Å². The first-order valence-electron chi connectivity index (χ1n) is 7.47. The zero-order valence-corrected chi connectivity index (χ0v) is 12.6. The third-order valence-electron chi connectivity index (χ3n) is 4.13. The lowest BCUT2D eigenvalue weighted by atomic mass is 10.1. The van der Waals surface area contributed by atoms with E-state index in [4.69, 9.17) is 0 Å². The normalized spacial score (nSPS) is 21.2. The van der Waals surface area contributed by atoms with Crippen molar-refractivity contribution in [3.8, 4) is 0 Å². The fourth-order valence-electron chi connectivity index (χ4n) is 2.90. The summed E-state index contributed by atoms with van der Waals surface area (Å²) >= 11 is 1.69. The Morgan fingerprint density at radius 3 is 2.50 bits per heavy atom. The first-order valence-corrected chi connectivity index (χ1v) is 8.35. The highest BCUT2D eigenvalue weighted by molar-refractivity contribution is 7.13. The molecule has 2 aliphatic heterocycles. The second-order valence-electron chi connectivity index (χ2n) is 5.52. The van der Waals surface area contributed by atoms with Gasteiger partial charge in [-0.05, 0) is 19.3 Å². The number of thiazole rings is 1. The lowest BCUT2D eigenvalue weighted by molar-refractivity contribution is -0.133. The third kappa shape index (κ3) is 3.30. The zero-order chi connectivity index (χ0) is 13.8. The van der Waals surface area contributed by atoms with Crippen molar-refractivity contribution >= 4 is 22.4 Å². The van der Waals surface area contributed by atoms with Crippen LogP contribution in [0.4, 0.5) is 5.13 Å². The van der Waals surface area contributed by atoms with Gasteiger partial charge in [0, 0.05) is 50.8 Å². The van der Waals surface area contributed by atoms with E-state index in [1.807, 2.05) is 16.5 Å². The molecule has 20 heavy (non-hydrogen) atoms. The lowest BCUT2D eigenvalue weighted by Crippen LogP contribution is -2.50. The Balaban J connectivity index is 1.45. The predicted octanol–water partition coefficient (Wildman–Crippen LogP) is 1.28. The topological polar surface area (TPSA) is 39.7 Å². The van der Waals surface area contributed by atoms with Crippen molar-refractivity contribution < 1.29 is 4.79 Å². The number of nitrogens with zero attached hydrogens (tertiary/aromatic N) is 4. The number of aromatic nitrogens is 1. The molecule has 0 unspecified atom stereocenters. The van der Waals surface area contributed by atoms with Gasteiger partial charge in [-0.1, -0.05) is 0 Å². The average Bonchev–Trinajstić information content (AvgIpc) is 3.03. The van der Waals surface area contributed by atoms with Crippen LogP contribution >= 0.6 is 11.3 Å². The minimum Gasteiger partial charge on any atom is -0.346 e. The summed E-state index contributed by atoms with van der Waals surface area (Å²) in [7, 11) is 0. The summed E-state index contributed by atoms with van der Waals surface area (Å²) < 4.78 is 0. The maximum Gasteiger partial charge on any atom is 0.236 e. The first kappa shape index (κ1) is 13.8. The van der Waals surface area contributed by atoms with Crippen LogP contribution in [-0.4, -0.2) is 66.5 Å². The monoisotopic (exact) mass is 294 g/mol. The van der Waals surface area contributed by atoms with Crippen molar-refractivity contribution in [2.24, 2.45) is 0 Å². The highest BCUT2D eigenvalue weighted by Gasteiger charge is 2.23. The van der Waals surface area contributed by atoms with E-state index in [9.17, 15) is 4.79 Å². The maximum absolute atomic E-state index is 12.2. The van der Waals surface area contributed by atoms with E-state index in [0.29, 0.717) is 12.5 Å². The number of anilines is 1. The van der Waals surface area contributed by atoms with Gasteiger partial charge in [-0.15, -0.1) is 11.3 Å². The predicted molar refractivity (Wildman–Crippen MR) is 81.2 cm³/mol. The number of hydrogen-bond donors (Lipinski definition) is 0. The van der Waals surface area contributed by atoms with Gasteiger partial charge in [0.15, 0.2) is 5.13 Å². The van der Waals surface area contributed by atoms with Gasteiger partial charge in [-0.25, -0.2) is 4.98 Å². The molecule has 6 heteroatoms. The van der Waals surface area contributed by atoms with E-state index >= 15 is 0 Å². The quantitative estimate of drug-likeness (QED) is 0.842. The minimum atomic E-state index is 0.312. The molecule has 2 saturated heterocycles. The highest BCUT2D eigenvalue weighted by Crippen LogP contribution is 2.19. The van der Waals surface area contributed by atoms with Gasteiger partial charge in [0.25, 0.3) is 0 Å². The Hall–Kier alpha value is -1.14. The summed E-state index contributed by atoms with van der Waals surface area (Å²) in [6, 6.07) is 0. The molecule has 0 saturated carbocycles. The molecule has 110 valence electrons. The molecule has 0 bridgehead atoms. The Labute approximate surface area is 124 Å². The van der Waals surface area contributed by atoms with Gasteiger partial charge < -0.3 is 9.80 Å². The van der Waals surface area contributed by atoms with Crippen molar-refractivity contribution in [2.75, 3.05) is 50.7 Å². The maximum atomic E-state index is 12.2. The van der Waals surface area contributed by atoms with Crippen LogP contribution in [0.5, 0.6) is 0 Å². The van der Waals surface area contributed by atoms with Crippen molar-refractivity contribution in [2.45, 2.75) is 19.3 Å². The van der Waals surface area contributed by atoms with Crippen molar-refractivity contribution in [3.05, 3.63) is 11.6 Å². The molecule has 0 aliphatic carbocycles. The SMILES string of the molecule is O=C(CN1CCN(c2nccs2)CC1)N1CCCCC1. The number of amides is 1. The highest BCUT2D eigenvalue weighted by atomic mass is 32.1. The Bertz CT molecular complexity index is 422. The van der Waals surface area contributed by atoms with Crippen LogP contribution in [0.2, 0.25) is 0 Å². The first-order chi connectivity index (χ1) is 9.83. The van der Waals surface area contributed by atoms with E-state index in [1.165, 1.54) is 19.3 Å². The third-order valence-corrected chi connectivity index (χ3v) is 4.96. The van der Waals surface area contributed by atoms with Crippen molar-refractivity contribution in [1.29, 1.82) is 0 Å². The van der Waals surface area contributed by atoms with Gasteiger partial charge in [-0.2, -0.15) is 0 Å². The van der Waals surface area contributed by atoms with Gasteiger partial charge in [0.1, 0.15) is 0 Å². The smallest absolute Gasteiger partial charge is 0.236 e. The summed E-state index contributed by atoms with van der Waals surface area (Å²) in [4.78, 5) is 23.2. The van der Waals surface area contributed by atoms with Gasteiger partial charge in [0.2, 0.25) is 5.91 Å². The van der Waals surface area contributed by atoms with E-state index < -0.39 is 0 Å². The van der Waals surface area contributed by atoms with E-state index in [1.54, 1.807) is 11.3 Å². The fraction of sp³-hybridized carbons (Fsp3) is 0.714. The molecule has 0 N–H and O–H groups in total. The molecule has 0 atom stereocenters. The minimum absolute atomic E-state index is 0.312. The molecule has 2 fully saturated rings. The Morgan fingerprint density at radius 1 is 1.10 bits per heavy atom. The molecule has 0 spiro atoms. The molecule has 3 heterocycles. The summed E-state index contributed by atoms with van der Waals surface area (Å²) in [6.07, 6.45) is 5.47. The van der Waals surface area contributed by atoms with Crippen LogP contribution in [0.15, 0.2) is 11.6 Å². The Kier molecular flexibility index (Phi) is 4.52. The lowest BCUT2D eigenvalue weighted by Gasteiger charge is -2.35. The van der Waals surface area contributed by atoms with Gasteiger partial charge in [-0.3, -0.25) is 9.69 Å². The van der Waals surface area contributed by atoms with Crippen LogP contribution in [0.25, 0.3) is 0 Å². The number of likely N-dealkylation sites (tertiary alicyclic amines) is 1. The molecule has 3 rings (SSSR count). The van der Waals surface area contributed by atoms with Crippen molar-refractivity contribution in [3.63, 3.8) is 0 Å². The molecule has 1 aromatic rings. The number of hydrogen-bond acceptors (Lipinski definition) is 5. The van der Waals surface area contributed by atoms with Crippen LogP contribution in [-0.2, 0) is 4.79 Å². The van der Waals surface area contributed by atoms with E-state index in [2.05, 4.69) is 14.8 Å². The molecule has 0 radical (unpaired) electrons. The van der Waals surface area contributed by atoms with Crippen LogP contribution in [0.3, 0.4) is 0 Å². The number of carbonyl (C=O) groups excluding carboxylic acids is 1. The average molecular weight is 294 g/mol. The fourth-order valence-corrected chi connectivity index (χ4v) is 3.60. The molecule has 1 amide bonds. The molecule has 0 aromatic carbocycles. The van der Waals surface area contributed by atoms with E-state index in [-0.39, 0.29) is 0 Å². The number of piperazine rings is 1. The molecule has 5 nitrogen and oxygen atoms in total. The van der Waals surface area contributed by atoms with Gasteiger partial charge >= 0.3 is 0 Å². The Morgan fingerprint density at radius 2 is 1.85 bits per heavy atom. The molecule has 2 aliphatic rings. The number of carbonyl (C=O) groups is 1. The second kappa shape index (κ2) is 6.54.